The van der Waals surface area contributed by atoms with Crippen LogP contribution >= 0.6 is 0 Å². The summed E-state index contributed by atoms with van der Waals surface area (Å²) in [6.07, 6.45) is -11.8. The van der Waals surface area contributed by atoms with Gasteiger partial charge in [0.2, 0.25) is 0 Å². The fraction of sp³-hybridized carbons (Fsp3) is 0.200. The van der Waals surface area contributed by atoms with Gasteiger partial charge >= 0.3 is 31.2 Å². The summed E-state index contributed by atoms with van der Waals surface area (Å²) in [7, 11) is 0. The molecule has 23 heavy (non-hydrogen) atoms. The van der Waals surface area contributed by atoms with Crippen molar-refractivity contribution < 1.29 is 85.6 Å². The SMILES string of the molecule is F.F.O.O=C(F)F.O=C(O)F.O=C(O)F.O=C=O.OC(O)(F)F. The molecule has 0 saturated heterocycles. The van der Waals surface area contributed by atoms with E-state index in [0.717, 1.165) is 0 Å². The highest BCUT2D eigenvalue weighted by Gasteiger charge is 2.16. The first-order valence-corrected chi connectivity index (χ1v) is 3.05. The molecule has 0 aromatic rings. The number of aliphatic hydroxyl groups is 2. The van der Waals surface area contributed by atoms with Gasteiger partial charge in [-0.2, -0.15) is 9.59 Å². The summed E-state index contributed by atoms with van der Waals surface area (Å²) in [5.74, 6) is 0. The van der Waals surface area contributed by atoms with Gasteiger partial charge in [-0.3, -0.25) is 9.41 Å². The summed E-state index contributed by atoms with van der Waals surface area (Å²) in [4.78, 5) is 41.0. The molecule has 0 heterocycles. The van der Waals surface area contributed by atoms with Crippen LogP contribution in [0.1, 0.15) is 0 Å². The average Bonchev–Trinajstić information content (AvgIpc) is 1.95. The minimum Gasteiger partial charge on any atom is -0.456 e. The number of rotatable bonds is 0. The summed E-state index contributed by atoms with van der Waals surface area (Å²) in [6, 6.07) is 0. The van der Waals surface area contributed by atoms with E-state index >= 15 is 0 Å². The van der Waals surface area contributed by atoms with Gasteiger partial charge < -0.3 is 25.9 Å². The summed E-state index contributed by atoms with van der Waals surface area (Å²) in [5, 5.41) is 27.0. The van der Waals surface area contributed by atoms with Crippen LogP contribution in [-0.4, -0.2) is 57.1 Å². The van der Waals surface area contributed by atoms with Crippen LogP contribution in [-0.2, 0) is 9.59 Å². The number of carboxylic acid groups (broad SMARTS) is 2. The van der Waals surface area contributed by atoms with Crippen molar-refractivity contribution in [2.45, 2.75) is 6.29 Å². The second-order valence-electron chi connectivity index (χ2n) is 1.32. The Balaban J connectivity index is -0.0000000199. The number of hydrogen-bond donors (Lipinski definition) is 4. The lowest BCUT2D eigenvalue weighted by atomic mass is 11.3. The second-order valence-corrected chi connectivity index (χ2v) is 1.32. The summed E-state index contributed by atoms with van der Waals surface area (Å²) in [5.41, 5.74) is 0. The molecule has 0 saturated carbocycles. The number of carbonyl (C=O) groups is 3. The first kappa shape index (κ1) is 50.0. The van der Waals surface area contributed by atoms with Crippen molar-refractivity contribution in [1.82, 2.24) is 0 Å². The van der Waals surface area contributed by atoms with Crippen LogP contribution in [0.25, 0.3) is 0 Å². The molecule has 0 rings (SSSR count). The molecule has 144 valence electrons. The van der Waals surface area contributed by atoms with E-state index in [1.54, 1.807) is 0 Å². The predicted octanol–water partition coefficient (Wildman–Crippen LogP) is 0.731. The van der Waals surface area contributed by atoms with Crippen molar-refractivity contribution in [3.05, 3.63) is 0 Å². The Hall–Kier alpha value is -2.69. The van der Waals surface area contributed by atoms with E-state index in [1.807, 2.05) is 0 Å². The van der Waals surface area contributed by atoms with E-state index < -0.39 is 25.0 Å². The molecule has 0 fully saturated rings. The topological polar surface area (TPSA) is 198 Å². The van der Waals surface area contributed by atoms with Crippen molar-refractivity contribution in [3.8, 4) is 0 Å². The van der Waals surface area contributed by atoms with Crippen molar-refractivity contribution in [1.29, 1.82) is 0 Å². The van der Waals surface area contributed by atoms with E-state index in [1.165, 1.54) is 0 Å². The van der Waals surface area contributed by atoms with E-state index in [9.17, 15) is 26.3 Å². The molecule has 0 aliphatic rings. The van der Waals surface area contributed by atoms with Crippen molar-refractivity contribution >= 4 is 24.9 Å². The van der Waals surface area contributed by atoms with Gasteiger partial charge in [0.15, 0.2) is 0 Å². The third-order valence-corrected chi connectivity index (χ3v) is 0. The van der Waals surface area contributed by atoms with Crippen LogP contribution < -0.4 is 0 Å². The summed E-state index contributed by atoms with van der Waals surface area (Å²) >= 11 is 0. The Kier molecular flexibility index (Phi) is 79.4. The predicted molar refractivity (Wildman–Crippen MR) is 48.9 cm³/mol. The number of carbonyl (C=O) groups excluding carboxylic acids is 3. The lowest BCUT2D eigenvalue weighted by Gasteiger charge is -1.91. The molecule has 0 aromatic heterocycles. The minimum atomic E-state index is -4.50. The zero-order valence-corrected chi connectivity index (χ0v) is 9.91. The quantitative estimate of drug-likeness (QED) is 0.266. The van der Waals surface area contributed by atoms with Gasteiger partial charge in [-0.05, 0) is 0 Å². The Labute approximate surface area is 118 Å². The molecular weight excluding hydrogens is 372 g/mol. The standard InChI is InChI=1S/CH2F2O2.CF2O.2CHFO2.CO2.2FH.H2O/c2-1(3,4)5;3*2-1(3)4;2-1-3;;;/h4-5H;;2*(H,3,4);;2*1H;1H2. The molecular formula is C5H8F8O10. The third kappa shape index (κ3) is 800. The molecule has 0 atom stereocenters. The molecule has 0 spiro atoms. The number of halogens is 8. The molecule has 0 aliphatic carbocycles. The van der Waals surface area contributed by atoms with E-state index in [0.29, 0.717) is 0 Å². The highest BCUT2D eigenvalue weighted by Crippen LogP contribution is 1.97. The van der Waals surface area contributed by atoms with Crippen molar-refractivity contribution in [3.63, 3.8) is 0 Å². The zero-order valence-electron chi connectivity index (χ0n) is 9.91. The molecule has 0 aromatic carbocycles. The van der Waals surface area contributed by atoms with Crippen molar-refractivity contribution in [2.75, 3.05) is 0 Å². The van der Waals surface area contributed by atoms with E-state index in [4.69, 9.17) is 44.4 Å². The second kappa shape index (κ2) is 36.5. The van der Waals surface area contributed by atoms with Crippen LogP contribution in [0, 0.1) is 0 Å². The molecule has 6 N–H and O–H groups in total. The molecule has 0 unspecified atom stereocenters. The molecule has 10 nitrogen and oxygen atoms in total. The average molecular weight is 380 g/mol. The van der Waals surface area contributed by atoms with E-state index in [-0.39, 0.29) is 21.0 Å². The van der Waals surface area contributed by atoms with Crippen molar-refractivity contribution in [2.24, 2.45) is 0 Å². The van der Waals surface area contributed by atoms with Gasteiger partial charge in [0.1, 0.15) is 0 Å². The van der Waals surface area contributed by atoms with E-state index in [2.05, 4.69) is 0 Å². The monoisotopic (exact) mass is 380 g/mol. The van der Waals surface area contributed by atoms with Crippen LogP contribution in [0.4, 0.5) is 50.1 Å². The Morgan fingerprint density at radius 3 is 0.783 bits per heavy atom. The minimum absolute atomic E-state index is 0. The Bertz CT molecular complexity index is 252. The lowest BCUT2D eigenvalue weighted by molar-refractivity contribution is -0.346. The number of hydrogen-bond acceptors (Lipinski definition) is 7. The van der Waals surface area contributed by atoms with Gasteiger partial charge in [0, 0.05) is 0 Å². The highest BCUT2D eigenvalue weighted by atomic mass is 19.3. The molecule has 0 radical (unpaired) electrons. The summed E-state index contributed by atoms with van der Waals surface area (Å²) < 4.78 is 59.5. The lowest BCUT2D eigenvalue weighted by Crippen LogP contribution is -2.10. The van der Waals surface area contributed by atoms with Crippen LogP contribution in [0.3, 0.4) is 0 Å². The summed E-state index contributed by atoms with van der Waals surface area (Å²) in [6.45, 7) is 0. The van der Waals surface area contributed by atoms with Crippen LogP contribution in [0.2, 0.25) is 0 Å². The highest BCUT2D eigenvalue weighted by molar-refractivity contribution is 5.55. The largest absolute Gasteiger partial charge is 0.492 e. The number of alkyl halides is 2. The van der Waals surface area contributed by atoms with Crippen LogP contribution in [0.15, 0.2) is 0 Å². The smallest absolute Gasteiger partial charge is 0.456 e. The molecule has 0 bridgehead atoms. The van der Waals surface area contributed by atoms with Gasteiger partial charge in [-0.15, -0.1) is 26.3 Å². The maximum atomic E-state index is 10.1. The molecule has 18 heteroatoms. The first-order chi connectivity index (χ1) is 8.61. The van der Waals surface area contributed by atoms with Gasteiger partial charge in [0.25, 0.3) is 0 Å². The fourth-order valence-corrected chi connectivity index (χ4v) is 0. The molecule has 0 aliphatic heterocycles. The van der Waals surface area contributed by atoms with Gasteiger partial charge in [-0.1, -0.05) is 0 Å². The maximum Gasteiger partial charge on any atom is 0.492 e. The Morgan fingerprint density at radius 1 is 0.783 bits per heavy atom. The van der Waals surface area contributed by atoms with Gasteiger partial charge in [0.05, 0.1) is 0 Å². The third-order valence-electron chi connectivity index (χ3n) is 0. The zero-order chi connectivity index (χ0) is 17.9. The van der Waals surface area contributed by atoms with Gasteiger partial charge in [-0.25, -0.2) is 14.4 Å². The normalized spacial score (nSPS) is 6.26. The Morgan fingerprint density at radius 2 is 0.783 bits per heavy atom. The molecule has 0 amide bonds. The maximum absolute atomic E-state index is 10.1. The first-order valence-electron chi connectivity index (χ1n) is 3.05. The fourth-order valence-electron chi connectivity index (χ4n) is 0. The van der Waals surface area contributed by atoms with Crippen LogP contribution in [0.5, 0.6) is 0 Å².